The third kappa shape index (κ3) is 5.26. The Bertz CT molecular complexity index is 485. The van der Waals surface area contributed by atoms with E-state index >= 15 is 0 Å². The number of ketones is 1. The van der Waals surface area contributed by atoms with E-state index in [1.165, 1.54) is 0 Å². The van der Waals surface area contributed by atoms with E-state index in [9.17, 15) is 9.59 Å². The SMILES string of the molecule is CC[C@H](C)[C@H](NC(=O)[C@@H](N)CC(C)C)C(=O)c1ccccc1. The van der Waals surface area contributed by atoms with Crippen LogP contribution in [-0.4, -0.2) is 23.8 Å². The zero-order chi connectivity index (χ0) is 16.7. The molecular formula is C18H28N2O2. The maximum atomic E-state index is 12.7. The van der Waals surface area contributed by atoms with Gasteiger partial charge in [0.1, 0.15) is 0 Å². The van der Waals surface area contributed by atoms with E-state index in [1.807, 2.05) is 45.9 Å². The molecule has 0 aliphatic rings. The lowest BCUT2D eigenvalue weighted by Gasteiger charge is -2.25. The largest absolute Gasteiger partial charge is 0.344 e. The van der Waals surface area contributed by atoms with Crippen molar-refractivity contribution >= 4 is 11.7 Å². The molecule has 4 nitrogen and oxygen atoms in total. The van der Waals surface area contributed by atoms with E-state index < -0.39 is 12.1 Å². The van der Waals surface area contributed by atoms with Crippen LogP contribution in [0.15, 0.2) is 30.3 Å². The number of Topliss-reactive ketones (excluding diaryl/α,β-unsaturated/α-hetero) is 1. The van der Waals surface area contributed by atoms with Crippen LogP contribution in [0, 0.1) is 11.8 Å². The van der Waals surface area contributed by atoms with Crippen molar-refractivity contribution in [1.29, 1.82) is 0 Å². The first-order chi connectivity index (χ1) is 10.4. The smallest absolute Gasteiger partial charge is 0.237 e. The fraction of sp³-hybridized carbons (Fsp3) is 0.556. The molecule has 0 radical (unpaired) electrons. The van der Waals surface area contributed by atoms with Gasteiger partial charge in [-0.05, 0) is 18.3 Å². The van der Waals surface area contributed by atoms with E-state index in [1.54, 1.807) is 12.1 Å². The van der Waals surface area contributed by atoms with Gasteiger partial charge in [0.2, 0.25) is 5.91 Å². The van der Waals surface area contributed by atoms with Crippen molar-refractivity contribution < 1.29 is 9.59 Å². The Balaban J connectivity index is 2.86. The number of nitrogens with two attached hydrogens (primary N) is 1. The molecule has 0 saturated heterocycles. The predicted molar refractivity (Wildman–Crippen MR) is 89.6 cm³/mol. The first-order valence-electron chi connectivity index (χ1n) is 8.02. The zero-order valence-corrected chi connectivity index (χ0v) is 14.0. The molecule has 0 bridgehead atoms. The normalized spacial score (nSPS) is 15.2. The highest BCUT2D eigenvalue weighted by Crippen LogP contribution is 2.14. The topological polar surface area (TPSA) is 72.2 Å². The summed E-state index contributed by atoms with van der Waals surface area (Å²) < 4.78 is 0. The zero-order valence-electron chi connectivity index (χ0n) is 14.0. The van der Waals surface area contributed by atoms with E-state index in [-0.39, 0.29) is 17.6 Å². The molecule has 0 aromatic heterocycles. The molecule has 1 rings (SSSR count). The van der Waals surface area contributed by atoms with Gasteiger partial charge < -0.3 is 11.1 Å². The number of carbonyl (C=O) groups is 2. The number of rotatable bonds is 8. The molecule has 0 spiro atoms. The van der Waals surface area contributed by atoms with Crippen molar-refractivity contribution in [1.82, 2.24) is 5.32 Å². The van der Waals surface area contributed by atoms with Crippen molar-refractivity contribution in [2.45, 2.75) is 52.6 Å². The van der Waals surface area contributed by atoms with Gasteiger partial charge in [-0.15, -0.1) is 0 Å². The van der Waals surface area contributed by atoms with E-state index in [0.29, 0.717) is 17.9 Å². The van der Waals surface area contributed by atoms with Gasteiger partial charge in [-0.25, -0.2) is 0 Å². The second-order valence-corrected chi connectivity index (χ2v) is 6.34. The lowest BCUT2D eigenvalue weighted by Crippen LogP contribution is -2.51. The first kappa shape index (κ1) is 18.4. The molecule has 122 valence electrons. The van der Waals surface area contributed by atoms with Crippen molar-refractivity contribution in [2.24, 2.45) is 17.6 Å². The average molecular weight is 304 g/mol. The van der Waals surface area contributed by atoms with Crippen molar-refractivity contribution in [3.63, 3.8) is 0 Å². The van der Waals surface area contributed by atoms with Crippen LogP contribution in [0.1, 0.15) is 50.9 Å². The summed E-state index contributed by atoms with van der Waals surface area (Å²) in [6.45, 7) is 8.03. The fourth-order valence-electron chi connectivity index (χ4n) is 2.36. The lowest BCUT2D eigenvalue weighted by molar-refractivity contribution is -0.123. The van der Waals surface area contributed by atoms with Crippen molar-refractivity contribution in [3.05, 3.63) is 35.9 Å². The molecule has 0 saturated carbocycles. The van der Waals surface area contributed by atoms with Crippen LogP contribution < -0.4 is 11.1 Å². The van der Waals surface area contributed by atoms with Crippen molar-refractivity contribution in [2.75, 3.05) is 0 Å². The summed E-state index contributed by atoms with van der Waals surface area (Å²) in [4.78, 5) is 24.9. The van der Waals surface area contributed by atoms with E-state index in [4.69, 9.17) is 5.73 Å². The summed E-state index contributed by atoms with van der Waals surface area (Å²) in [5.74, 6) is 0.0962. The van der Waals surface area contributed by atoms with Crippen LogP contribution in [-0.2, 0) is 4.79 Å². The highest BCUT2D eigenvalue weighted by Gasteiger charge is 2.28. The number of amides is 1. The summed E-state index contributed by atoms with van der Waals surface area (Å²) in [6, 6.07) is 7.97. The highest BCUT2D eigenvalue weighted by atomic mass is 16.2. The minimum atomic E-state index is -0.574. The Hall–Kier alpha value is -1.68. The van der Waals surface area contributed by atoms with E-state index in [0.717, 1.165) is 6.42 Å². The number of carbonyl (C=O) groups excluding carboxylic acids is 2. The molecular weight excluding hydrogens is 276 g/mol. The molecule has 0 unspecified atom stereocenters. The third-order valence-electron chi connectivity index (χ3n) is 3.91. The fourth-order valence-corrected chi connectivity index (χ4v) is 2.36. The second-order valence-electron chi connectivity index (χ2n) is 6.34. The number of hydrogen-bond acceptors (Lipinski definition) is 3. The number of benzene rings is 1. The molecule has 4 heteroatoms. The Morgan fingerprint density at radius 3 is 2.23 bits per heavy atom. The van der Waals surface area contributed by atoms with Gasteiger partial charge in [-0.2, -0.15) is 0 Å². The molecule has 3 atom stereocenters. The van der Waals surface area contributed by atoms with Gasteiger partial charge >= 0.3 is 0 Å². The molecule has 1 aromatic rings. The minimum Gasteiger partial charge on any atom is -0.344 e. The Morgan fingerprint density at radius 2 is 1.73 bits per heavy atom. The highest BCUT2D eigenvalue weighted by molar-refractivity contribution is 6.02. The maximum absolute atomic E-state index is 12.7. The van der Waals surface area contributed by atoms with Gasteiger partial charge in [-0.3, -0.25) is 9.59 Å². The molecule has 0 heterocycles. The van der Waals surface area contributed by atoms with Crippen LogP contribution in [0.3, 0.4) is 0 Å². The summed E-state index contributed by atoms with van der Waals surface area (Å²) in [5, 5.41) is 2.86. The second kappa shape index (κ2) is 8.69. The summed E-state index contributed by atoms with van der Waals surface area (Å²) >= 11 is 0. The van der Waals surface area contributed by atoms with Crippen LogP contribution >= 0.6 is 0 Å². The monoisotopic (exact) mass is 304 g/mol. The number of nitrogens with one attached hydrogen (secondary N) is 1. The first-order valence-corrected chi connectivity index (χ1v) is 8.02. The average Bonchev–Trinajstić information content (AvgIpc) is 2.51. The minimum absolute atomic E-state index is 0.0555. The van der Waals surface area contributed by atoms with Crippen LogP contribution in [0.5, 0.6) is 0 Å². The number of hydrogen-bond donors (Lipinski definition) is 2. The molecule has 1 aromatic carbocycles. The maximum Gasteiger partial charge on any atom is 0.237 e. The molecule has 0 fully saturated rings. The molecule has 0 aliphatic carbocycles. The van der Waals surface area contributed by atoms with Gasteiger partial charge in [0.05, 0.1) is 12.1 Å². The Labute approximate surface area is 133 Å². The van der Waals surface area contributed by atoms with Gasteiger partial charge in [0.15, 0.2) is 5.78 Å². The van der Waals surface area contributed by atoms with Gasteiger partial charge in [0.25, 0.3) is 0 Å². The van der Waals surface area contributed by atoms with Gasteiger partial charge in [-0.1, -0.05) is 64.4 Å². The van der Waals surface area contributed by atoms with Gasteiger partial charge in [0, 0.05) is 5.56 Å². The summed E-state index contributed by atoms with van der Waals surface area (Å²) in [7, 11) is 0. The van der Waals surface area contributed by atoms with Crippen LogP contribution in [0.2, 0.25) is 0 Å². The van der Waals surface area contributed by atoms with Crippen molar-refractivity contribution in [3.8, 4) is 0 Å². The molecule has 22 heavy (non-hydrogen) atoms. The Kier molecular flexibility index (Phi) is 7.25. The third-order valence-corrected chi connectivity index (χ3v) is 3.91. The summed E-state index contributed by atoms with van der Waals surface area (Å²) in [6.07, 6.45) is 1.42. The Morgan fingerprint density at radius 1 is 1.14 bits per heavy atom. The quantitative estimate of drug-likeness (QED) is 0.725. The van der Waals surface area contributed by atoms with Crippen LogP contribution in [0.4, 0.5) is 0 Å². The predicted octanol–water partition coefficient (Wildman–Crippen LogP) is 2.77. The molecule has 0 aliphatic heterocycles. The van der Waals surface area contributed by atoms with E-state index in [2.05, 4.69) is 5.32 Å². The summed E-state index contributed by atoms with van der Waals surface area (Å²) in [5.41, 5.74) is 6.54. The lowest BCUT2D eigenvalue weighted by atomic mass is 9.91. The molecule has 3 N–H and O–H groups in total. The standard InChI is InChI=1S/C18H28N2O2/c1-5-13(4)16(17(21)14-9-7-6-8-10-14)20-18(22)15(19)11-12(2)3/h6-10,12-13,15-16H,5,11,19H2,1-4H3,(H,20,22)/t13-,15-,16-/m0/s1. The van der Waals surface area contributed by atoms with Crippen LogP contribution in [0.25, 0.3) is 0 Å². The molecule has 1 amide bonds.